The van der Waals surface area contributed by atoms with E-state index < -0.39 is 6.04 Å². The van der Waals surface area contributed by atoms with E-state index >= 15 is 0 Å². The number of halogens is 1. The van der Waals surface area contributed by atoms with Crippen LogP contribution in [0.1, 0.15) is 24.1 Å². The Kier molecular flexibility index (Phi) is 6.55. The summed E-state index contributed by atoms with van der Waals surface area (Å²) >= 11 is 1.46. The standard InChI is InChI=1S/C23H24FN5O2S/c1-15(17-5-9-19(10-6-17)29-14-25-13-26-29)28(2)23(31)20-12-32-21(22(30)27-20)11-16-3-7-18(24)8-4-16/h3-10,13-15,20-21H,11-12H2,1-2H3,(H,27,30). The summed E-state index contributed by atoms with van der Waals surface area (Å²) < 4.78 is 14.8. The normalized spacial score (nSPS) is 19.3. The summed E-state index contributed by atoms with van der Waals surface area (Å²) in [6, 6.07) is 13.2. The lowest BCUT2D eigenvalue weighted by Crippen LogP contribution is -2.55. The Morgan fingerprint density at radius 3 is 2.59 bits per heavy atom. The second-order valence-corrected chi connectivity index (χ2v) is 9.01. The van der Waals surface area contributed by atoms with Crippen LogP contribution in [0.2, 0.25) is 0 Å². The monoisotopic (exact) mass is 453 g/mol. The fourth-order valence-corrected chi connectivity index (χ4v) is 4.80. The molecule has 1 aromatic heterocycles. The highest BCUT2D eigenvalue weighted by Crippen LogP contribution is 2.25. The largest absolute Gasteiger partial charge is 0.343 e. The Bertz CT molecular complexity index is 1070. The van der Waals surface area contributed by atoms with Crippen LogP contribution in [-0.4, -0.2) is 55.6 Å². The minimum Gasteiger partial charge on any atom is -0.343 e. The number of aromatic nitrogens is 3. The first-order valence-electron chi connectivity index (χ1n) is 10.3. The minimum absolute atomic E-state index is 0.126. The number of likely N-dealkylation sites (N-methyl/N-ethyl adjacent to an activating group) is 1. The van der Waals surface area contributed by atoms with Crippen molar-refractivity contribution < 1.29 is 14.0 Å². The second kappa shape index (κ2) is 9.52. The molecular formula is C23H24FN5O2S. The van der Waals surface area contributed by atoms with E-state index in [0.717, 1.165) is 16.8 Å². The van der Waals surface area contributed by atoms with Crippen LogP contribution in [0.4, 0.5) is 4.39 Å². The zero-order chi connectivity index (χ0) is 22.7. The lowest BCUT2D eigenvalue weighted by Gasteiger charge is -2.33. The third-order valence-electron chi connectivity index (χ3n) is 5.69. The zero-order valence-corrected chi connectivity index (χ0v) is 18.6. The van der Waals surface area contributed by atoms with Crippen molar-refractivity contribution in [3.8, 4) is 5.69 Å². The first kappa shape index (κ1) is 22.0. The maximum Gasteiger partial charge on any atom is 0.246 e. The molecule has 0 aliphatic carbocycles. The Labute approximate surface area is 190 Å². The maximum atomic E-state index is 13.1. The molecule has 0 spiro atoms. The highest BCUT2D eigenvalue weighted by molar-refractivity contribution is 8.00. The van der Waals surface area contributed by atoms with Crippen molar-refractivity contribution >= 4 is 23.6 Å². The number of carbonyl (C=O) groups is 2. The summed E-state index contributed by atoms with van der Waals surface area (Å²) in [5.74, 6) is -0.0925. The van der Waals surface area contributed by atoms with Gasteiger partial charge >= 0.3 is 0 Å². The van der Waals surface area contributed by atoms with Crippen molar-refractivity contribution in [2.75, 3.05) is 12.8 Å². The van der Waals surface area contributed by atoms with Crippen molar-refractivity contribution in [3.63, 3.8) is 0 Å². The number of amides is 2. The van der Waals surface area contributed by atoms with Gasteiger partial charge in [0, 0.05) is 12.8 Å². The molecule has 7 nitrogen and oxygen atoms in total. The summed E-state index contributed by atoms with van der Waals surface area (Å²) in [6.07, 6.45) is 3.60. The Hall–Kier alpha value is -3.20. The molecule has 4 rings (SSSR count). The van der Waals surface area contributed by atoms with Gasteiger partial charge in [0.15, 0.2) is 0 Å². The van der Waals surface area contributed by atoms with E-state index in [0.29, 0.717) is 12.2 Å². The highest BCUT2D eigenvalue weighted by Gasteiger charge is 2.34. The Balaban J connectivity index is 1.35. The highest BCUT2D eigenvalue weighted by atomic mass is 32.2. The van der Waals surface area contributed by atoms with Crippen molar-refractivity contribution in [2.24, 2.45) is 0 Å². The van der Waals surface area contributed by atoms with Crippen molar-refractivity contribution in [3.05, 3.63) is 78.1 Å². The molecule has 3 unspecified atom stereocenters. The summed E-state index contributed by atoms with van der Waals surface area (Å²) in [5, 5.41) is 6.69. The van der Waals surface area contributed by atoms with Gasteiger partial charge in [0.1, 0.15) is 24.5 Å². The molecular weight excluding hydrogens is 429 g/mol. The third-order valence-corrected chi connectivity index (χ3v) is 7.00. The van der Waals surface area contributed by atoms with E-state index in [1.165, 1.54) is 30.2 Å². The van der Waals surface area contributed by atoms with Gasteiger partial charge in [-0.2, -0.15) is 5.10 Å². The molecule has 1 aliphatic rings. The van der Waals surface area contributed by atoms with E-state index in [4.69, 9.17) is 0 Å². The number of nitrogens with zero attached hydrogens (tertiary/aromatic N) is 4. The summed E-state index contributed by atoms with van der Waals surface area (Å²) in [4.78, 5) is 31.3. The zero-order valence-electron chi connectivity index (χ0n) is 17.8. The molecule has 0 bridgehead atoms. The summed E-state index contributed by atoms with van der Waals surface area (Å²) in [5.41, 5.74) is 2.76. The molecule has 1 aliphatic heterocycles. The predicted molar refractivity (Wildman–Crippen MR) is 121 cm³/mol. The van der Waals surface area contributed by atoms with Gasteiger partial charge < -0.3 is 10.2 Å². The SMILES string of the molecule is CC(c1ccc(-n2cncn2)cc1)N(C)C(=O)C1CSC(Cc2ccc(F)cc2)C(=O)N1. The molecule has 32 heavy (non-hydrogen) atoms. The Morgan fingerprint density at radius 2 is 1.97 bits per heavy atom. The van der Waals surface area contributed by atoms with Crippen LogP contribution in [0.5, 0.6) is 0 Å². The van der Waals surface area contributed by atoms with Crippen LogP contribution >= 0.6 is 11.8 Å². The van der Waals surface area contributed by atoms with Crippen LogP contribution in [0, 0.1) is 5.82 Å². The van der Waals surface area contributed by atoms with Crippen LogP contribution in [0.25, 0.3) is 5.69 Å². The molecule has 1 saturated heterocycles. The number of rotatable bonds is 6. The lowest BCUT2D eigenvalue weighted by molar-refractivity contribution is -0.136. The van der Waals surface area contributed by atoms with Crippen LogP contribution < -0.4 is 5.32 Å². The third kappa shape index (κ3) is 4.83. The van der Waals surface area contributed by atoms with Gasteiger partial charge in [-0.05, 0) is 48.7 Å². The van der Waals surface area contributed by atoms with Crippen LogP contribution in [-0.2, 0) is 16.0 Å². The molecule has 0 saturated carbocycles. The number of hydrogen-bond donors (Lipinski definition) is 1. The number of hydrogen-bond acceptors (Lipinski definition) is 5. The van der Waals surface area contributed by atoms with E-state index in [1.807, 2.05) is 31.2 Å². The minimum atomic E-state index is -0.571. The van der Waals surface area contributed by atoms with Gasteiger partial charge in [-0.15, -0.1) is 11.8 Å². The number of nitrogens with one attached hydrogen (secondary N) is 1. The van der Waals surface area contributed by atoms with Crippen LogP contribution in [0.3, 0.4) is 0 Å². The number of carbonyl (C=O) groups excluding carboxylic acids is 2. The molecule has 2 aromatic carbocycles. The average molecular weight is 454 g/mol. The second-order valence-electron chi connectivity index (χ2n) is 7.77. The fraction of sp³-hybridized carbons (Fsp3) is 0.304. The quantitative estimate of drug-likeness (QED) is 0.621. The number of benzene rings is 2. The van der Waals surface area contributed by atoms with Crippen molar-refractivity contribution in [2.45, 2.75) is 30.7 Å². The molecule has 166 valence electrons. The van der Waals surface area contributed by atoms with Crippen LogP contribution in [0.15, 0.2) is 61.2 Å². The average Bonchev–Trinajstić information content (AvgIpc) is 3.35. The van der Waals surface area contributed by atoms with E-state index in [-0.39, 0.29) is 28.9 Å². The van der Waals surface area contributed by atoms with Crippen molar-refractivity contribution in [1.82, 2.24) is 25.0 Å². The summed E-state index contributed by atoms with van der Waals surface area (Å²) in [7, 11) is 1.75. The van der Waals surface area contributed by atoms with E-state index in [1.54, 1.807) is 35.1 Å². The van der Waals surface area contributed by atoms with Gasteiger partial charge in [0.05, 0.1) is 17.0 Å². The molecule has 2 heterocycles. The first-order chi connectivity index (χ1) is 15.4. The smallest absolute Gasteiger partial charge is 0.246 e. The fourth-order valence-electron chi connectivity index (χ4n) is 3.62. The number of thioether (sulfide) groups is 1. The van der Waals surface area contributed by atoms with Crippen molar-refractivity contribution in [1.29, 1.82) is 0 Å². The van der Waals surface area contributed by atoms with Gasteiger partial charge in [-0.3, -0.25) is 9.59 Å². The van der Waals surface area contributed by atoms with E-state index in [9.17, 15) is 14.0 Å². The van der Waals surface area contributed by atoms with Gasteiger partial charge in [-0.25, -0.2) is 14.1 Å². The first-order valence-corrected chi connectivity index (χ1v) is 11.4. The molecule has 2 amide bonds. The topological polar surface area (TPSA) is 80.1 Å². The lowest BCUT2D eigenvalue weighted by atomic mass is 10.1. The molecule has 3 atom stereocenters. The van der Waals surface area contributed by atoms with Gasteiger partial charge in [0.25, 0.3) is 0 Å². The summed E-state index contributed by atoms with van der Waals surface area (Å²) in [6.45, 7) is 1.96. The predicted octanol–water partition coefficient (Wildman–Crippen LogP) is 2.77. The maximum absolute atomic E-state index is 13.1. The van der Waals surface area contributed by atoms with Gasteiger partial charge in [-0.1, -0.05) is 24.3 Å². The molecule has 1 N–H and O–H groups in total. The molecule has 1 fully saturated rings. The molecule has 9 heteroatoms. The Morgan fingerprint density at radius 1 is 1.25 bits per heavy atom. The van der Waals surface area contributed by atoms with Gasteiger partial charge in [0.2, 0.25) is 11.8 Å². The van der Waals surface area contributed by atoms with E-state index in [2.05, 4.69) is 15.4 Å². The molecule has 0 radical (unpaired) electrons. The molecule has 3 aromatic rings.